The van der Waals surface area contributed by atoms with E-state index >= 15 is 0 Å². The van der Waals surface area contributed by atoms with Gasteiger partial charge in [-0.25, -0.2) is 4.79 Å². The molecule has 1 aliphatic heterocycles. The van der Waals surface area contributed by atoms with Crippen molar-refractivity contribution in [2.24, 2.45) is 5.92 Å². The van der Waals surface area contributed by atoms with Crippen LogP contribution in [0.4, 0.5) is 0 Å². The largest absolute Gasteiger partial charge is 0.467 e. The summed E-state index contributed by atoms with van der Waals surface area (Å²) in [6.45, 7) is 12.1. The van der Waals surface area contributed by atoms with Gasteiger partial charge in [0.2, 0.25) is 0 Å². The van der Waals surface area contributed by atoms with E-state index in [1.54, 1.807) is 6.92 Å². The molecule has 0 aliphatic carbocycles. The minimum Gasteiger partial charge on any atom is -0.467 e. The minimum atomic E-state index is -2.02. The predicted molar refractivity (Wildman–Crippen MR) is 100 cm³/mol. The first kappa shape index (κ1) is 23.5. The number of aliphatic hydroxyl groups is 2. The second-order valence-corrected chi connectivity index (χ2v) is 12.2. The van der Waals surface area contributed by atoms with E-state index in [0.717, 1.165) is 18.1 Å². The Morgan fingerprint density at radius 3 is 2.15 bits per heavy atom. The molecule has 1 fully saturated rings. The van der Waals surface area contributed by atoms with Gasteiger partial charge in [-0.2, -0.15) is 0 Å². The lowest BCUT2D eigenvalue weighted by Crippen LogP contribution is -2.53. The topological polar surface area (TPSA) is 94.5 Å². The number of aliphatic hydroxyl groups excluding tert-OH is 2. The maximum atomic E-state index is 11.6. The molecule has 0 aromatic carbocycles. The van der Waals surface area contributed by atoms with Crippen LogP contribution < -0.4 is 0 Å². The molecule has 0 spiro atoms. The average molecular weight is 393 g/mol. The zero-order valence-electron chi connectivity index (χ0n) is 17.2. The fraction of sp³-hybridized carbons (Fsp3) is 0.944. The van der Waals surface area contributed by atoms with Gasteiger partial charge in [-0.1, -0.05) is 27.7 Å². The SMILES string of the molecule is CC[Si](CC)(CC)O[C@H]([C@@H](C)[C@H](O)[C@@H](O)C(=O)OC)[C@@H]1COC(C)(C)O1. The molecule has 2 N–H and O–H groups in total. The Bertz CT molecular complexity index is 445. The molecule has 0 saturated carbocycles. The Balaban J connectivity index is 3.09. The summed E-state index contributed by atoms with van der Waals surface area (Å²) < 4.78 is 22.8. The number of hydrogen-bond acceptors (Lipinski definition) is 7. The monoisotopic (exact) mass is 392 g/mol. The molecule has 0 bridgehead atoms. The average Bonchev–Trinajstić information content (AvgIpc) is 3.00. The Labute approximate surface area is 158 Å². The molecule has 1 aliphatic rings. The summed E-state index contributed by atoms with van der Waals surface area (Å²) >= 11 is 0. The summed E-state index contributed by atoms with van der Waals surface area (Å²) in [6, 6.07) is 2.82. The van der Waals surface area contributed by atoms with Crippen molar-refractivity contribution >= 4 is 14.3 Å². The van der Waals surface area contributed by atoms with Gasteiger partial charge in [0, 0.05) is 5.92 Å². The van der Waals surface area contributed by atoms with Crippen molar-refractivity contribution in [2.75, 3.05) is 13.7 Å². The third-order valence-electron chi connectivity index (χ3n) is 5.54. The summed E-state index contributed by atoms with van der Waals surface area (Å²) in [5, 5.41) is 20.6. The molecule has 0 unspecified atom stereocenters. The summed E-state index contributed by atoms with van der Waals surface area (Å²) in [6.07, 6.45) is -3.82. The van der Waals surface area contributed by atoms with Crippen molar-refractivity contribution in [2.45, 2.75) is 89.9 Å². The third-order valence-corrected chi connectivity index (χ3v) is 10.2. The standard InChI is InChI=1S/C18H36O7Si/c1-8-26(9-2,10-3)25-16(13-11-23-18(5,6)24-13)12(4)14(19)15(20)17(21)22-7/h12-16,19-20H,8-11H2,1-7H3/t12-,13-,14-,15+,16+/m0/s1. The highest BCUT2D eigenvalue weighted by Gasteiger charge is 2.46. The van der Waals surface area contributed by atoms with Crippen molar-refractivity contribution in [3.63, 3.8) is 0 Å². The van der Waals surface area contributed by atoms with Crippen LogP contribution in [0, 0.1) is 5.92 Å². The Morgan fingerprint density at radius 2 is 1.77 bits per heavy atom. The minimum absolute atomic E-state index is 0.338. The van der Waals surface area contributed by atoms with Crippen LogP contribution in [-0.4, -0.2) is 68.4 Å². The summed E-state index contributed by atoms with van der Waals surface area (Å²) in [5.74, 6) is -2.13. The Hall–Kier alpha value is -0.513. The number of rotatable bonds is 10. The van der Waals surface area contributed by atoms with Gasteiger partial charge in [-0.05, 0) is 32.0 Å². The fourth-order valence-corrected chi connectivity index (χ4v) is 6.37. The number of ether oxygens (including phenoxy) is 3. The van der Waals surface area contributed by atoms with Crippen molar-refractivity contribution in [1.29, 1.82) is 0 Å². The molecule has 8 heteroatoms. The van der Waals surface area contributed by atoms with Gasteiger partial charge in [-0.15, -0.1) is 0 Å². The van der Waals surface area contributed by atoms with E-state index in [-0.39, 0.29) is 6.10 Å². The molecule has 154 valence electrons. The Kier molecular flexibility index (Phi) is 8.70. The van der Waals surface area contributed by atoms with Gasteiger partial charge in [0.1, 0.15) is 6.10 Å². The number of esters is 1. The summed E-state index contributed by atoms with van der Waals surface area (Å²) in [7, 11) is -0.841. The second-order valence-electron chi connectivity index (χ2n) is 7.51. The molecule has 0 radical (unpaired) electrons. The first-order valence-electron chi connectivity index (χ1n) is 9.49. The third kappa shape index (κ3) is 5.50. The van der Waals surface area contributed by atoms with Crippen LogP contribution in [0.1, 0.15) is 41.5 Å². The zero-order valence-corrected chi connectivity index (χ0v) is 18.2. The number of methoxy groups -OCH3 is 1. The number of carbonyl (C=O) groups is 1. The van der Waals surface area contributed by atoms with Crippen molar-refractivity contribution in [3.05, 3.63) is 0 Å². The quantitative estimate of drug-likeness (QED) is 0.434. The van der Waals surface area contributed by atoms with Crippen LogP contribution in [0.25, 0.3) is 0 Å². The highest BCUT2D eigenvalue weighted by Crippen LogP contribution is 2.34. The van der Waals surface area contributed by atoms with Crippen LogP contribution in [0.5, 0.6) is 0 Å². The Morgan fingerprint density at radius 1 is 1.23 bits per heavy atom. The molecule has 0 aromatic rings. The van der Waals surface area contributed by atoms with E-state index in [1.807, 2.05) is 13.8 Å². The van der Waals surface area contributed by atoms with E-state index in [9.17, 15) is 15.0 Å². The lowest BCUT2D eigenvalue weighted by molar-refractivity contribution is -0.169. The van der Waals surface area contributed by atoms with Gasteiger partial charge in [0.15, 0.2) is 20.2 Å². The van der Waals surface area contributed by atoms with E-state index in [1.165, 1.54) is 7.11 Å². The van der Waals surface area contributed by atoms with E-state index in [2.05, 4.69) is 25.5 Å². The number of hydrogen-bond donors (Lipinski definition) is 2. The fourth-order valence-electron chi connectivity index (χ4n) is 3.43. The molecule has 1 heterocycles. The van der Waals surface area contributed by atoms with Crippen LogP contribution in [0.2, 0.25) is 18.1 Å². The van der Waals surface area contributed by atoms with E-state index < -0.39 is 44.3 Å². The molecular weight excluding hydrogens is 356 g/mol. The van der Waals surface area contributed by atoms with Gasteiger partial charge in [-0.3, -0.25) is 0 Å². The molecule has 26 heavy (non-hydrogen) atoms. The molecule has 0 amide bonds. The van der Waals surface area contributed by atoms with Gasteiger partial charge in [0.25, 0.3) is 0 Å². The smallest absolute Gasteiger partial charge is 0.337 e. The lowest BCUT2D eigenvalue weighted by Gasteiger charge is -2.40. The molecule has 5 atom stereocenters. The lowest BCUT2D eigenvalue weighted by atomic mass is 9.91. The first-order chi connectivity index (χ1) is 12.1. The number of carbonyl (C=O) groups excluding carboxylic acids is 1. The van der Waals surface area contributed by atoms with Gasteiger partial charge < -0.3 is 28.8 Å². The van der Waals surface area contributed by atoms with Crippen molar-refractivity contribution in [3.8, 4) is 0 Å². The van der Waals surface area contributed by atoms with Crippen LogP contribution in [-0.2, 0) is 23.4 Å². The molecule has 1 rings (SSSR count). The molecule has 0 aromatic heterocycles. The molecule has 1 saturated heterocycles. The predicted octanol–water partition coefficient (Wildman–Crippen LogP) is 2.06. The second kappa shape index (κ2) is 9.61. The maximum absolute atomic E-state index is 11.6. The van der Waals surface area contributed by atoms with Gasteiger partial charge in [0.05, 0.1) is 25.9 Å². The van der Waals surface area contributed by atoms with E-state index in [4.69, 9.17) is 13.9 Å². The van der Waals surface area contributed by atoms with Crippen molar-refractivity contribution in [1.82, 2.24) is 0 Å². The summed E-state index contributed by atoms with van der Waals surface area (Å²) in [4.78, 5) is 11.6. The maximum Gasteiger partial charge on any atom is 0.337 e. The van der Waals surface area contributed by atoms with Crippen molar-refractivity contribution < 1.29 is 33.6 Å². The zero-order chi connectivity index (χ0) is 20.1. The van der Waals surface area contributed by atoms with Crippen LogP contribution in [0.15, 0.2) is 0 Å². The first-order valence-corrected chi connectivity index (χ1v) is 12.0. The van der Waals surface area contributed by atoms with Gasteiger partial charge >= 0.3 is 5.97 Å². The molecular formula is C18H36O7Si. The van der Waals surface area contributed by atoms with Crippen LogP contribution in [0.3, 0.4) is 0 Å². The summed E-state index contributed by atoms with van der Waals surface area (Å²) in [5.41, 5.74) is 0. The molecule has 7 nitrogen and oxygen atoms in total. The highest BCUT2D eigenvalue weighted by atomic mass is 28.4. The highest BCUT2D eigenvalue weighted by molar-refractivity contribution is 6.73. The normalized spacial score (nSPS) is 24.7. The van der Waals surface area contributed by atoms with Crippen LogP contribution >= 0.6 is 0 Å². The van der Waals surface area contributed by atoms with E-state index in [0.29, 0.717) is 6.61 Å².